The molecule has 1 saturated heterocycles. The minimum atomic E-state index is -3.82. The lowest BCUT2D eigenvalue weighted by Crippen LogP contribution is -2.28. The molecule has 1 heterocycles. The van der Waals surface area contributed by atoms with Gasteiger partial charge in [0.05, 0.1) is 4.92 Å². The van der Waals surface area contributed by atoms with Crippen LogP contribution in [0.2, 0.25) is 0 Å². The van der Waals surface area contributed by atoms with Crippen LogP contribution >= 0.6 is 11.8 Å². The highest BCUT2D eigenvalue weighted by Gasteiger charge is 2.31. The number of nitro groups is 1. The zero-order chi connectivity index (χ0) is 18.0. The van der Waals surface area contributed by atoms with Gasteiger partial charge in [-0.25, -0.2) is 12.8 Å². The summed E-state index contributed by atoms with van der Waals surface area (Å²) < 4.78 is 40.2. The second-order valence-corrected chi connectivity index (χ2v) is 8.58. The second-order valence-electron chi connectivity index (χ2n) is 5.56. The Hall–Kier alpha value is -1.97. The molecule has 0 aromatic heterocycles. The van der Waals surface area contributed by atoms with E-state index in [-0.39, 0.29) is 10.6 Å². The highest BCUT2D eigenvalue weighted by molar-refractivity contribution is 8.00. The number of nitro benzene ring substituents is 1. The quantitative estimate of drug-likeness (QED) is 0.582. The molecule has 9 heteroatoms. The lowest BCUT2D eigenvalue weighted by molar-refractivity contribution is -0.385. The number of benzene rings is 2. The van der Waals surface area contributed by atoms with Crippen LogP contribution in [0.5, 0.6) is 0 Å². The van der Waals surface area contributed by atoms with Crippen LogP contribution < -0.4 is 0 Å². The molecule has 25 heavy (non-hydrogen) atoms. The van der Waals surface area contributed by atoms with Crippen molar-refractivity contribution < 1.29 is 17.7 Å². The van der Waals surface area contributed by atoms with E-state index >= 15 is 0 Å². The van der Waals surface area contributed by atoms with Crippen LogP contribution in [0.15, 0.2) is 57.2 Å². The molecule has 0 spiro atoms. The van der Waals surface area contributed by atoms with Crippen molar-refractivity contribution in [1.29, 1.82) is 0 Å². The molecule has 1 aliphatic heterocycles. The molecular formula is C16H15FN2O4S2. The lowest BCUT2D eigenvalue weighted by atomic mass is 10.3. The first-order chi connectivity index (χ1) is 11.9. The third-order valence-electron chi connectivity index (χ3n) is 3.86. The van der Waals surface area contributed by atoms with Crippen LogP contribution in [0, 0.1) is 15.9 Å². The minimum Gasteiger partial charge on any atom is -0.258 e. The van der Waals surface area contributed by atoms with Gasteiger partial charge in [-0.1, -0.05) is 11.8 Å². The molecule has 6 nitrogen and oxygen atoms in total. The molecule has 1 fully saturated rings. The summed E-state index contributed by atoms with van der Waals surface area (Å²) in [5.74, 6) is -0.391. The van der Waals surface area contributed by atoms with Crippen LogP contribution in [0.4, 0.5) is 10.1 Å². The van der Waals surface area contributed by atoms with Crippen LogP contribution in [0.1, 0.15) is 12.8 Å². The first-order valence-electron chi connectivity index (χ1n) is 7.60. The van der Waals surface area contributed by atoms with E-state index in [2.05, 4.69) is 0 Å². The number of rotatable bonds is 5. The van der Waals surface area contributed by atoms with Crippen LogP contribution in [0.3, 0.4) is 0 Å². The summed E-state index contributed by atoms with van der Waals surface area (Å²) in [6.45, 7) is 0.817. The Morgan fingerprint density at radius 2 is 1.72 bits per heavy atom. The topological polar surface area (TPSA) is 80.5 Å². The standard InChI is InChI=1S/C16H15FN2O4S2/c17-12-3-6-14(7-4-12)24-15-8-5-13(19(20)21)11-16(15)25(22,23)18-9-1-2-10-18/h3-8,11H,1-2,9-10H2. The van der Waals surface area contributed by atoms with E-state index < -0.39 is 20.8 Å². The summed E-state index contributed by atoms with van der Waals surface area (Å²) in [5, 5.41) is 11.1. The molecule has 0 amide bonds. The van der Waals surface area contributed by atoms with Crippen LogP contribution in [-0.2, 0) is 10.0 Å². The molecule has 1 aliphatic rings. The molecule has 0 N–H and O–H groups in total. The number of hydrogen-bond acceptors (Lipinski definition) is 5. The van der Waals surface area contributed by atoms with Crippen LogP contribution in [0.25, 0.3) is 0 Å². The van der Waals surface area contributed by atoms with Crippen LogP contribution in [-0.4, -0.2) is 30.7 Å². The summed E-state index contributed by atoms with van der Waals surface area (Å²) in [4.78, 5) is 11.4. The van der Waals surface area contributed by atoms with Crippen molar-refractivity contribution in [3.05, 3.63) is 58.4 Å². The van der Waals surface area contributed by atoms with Gasteiger partial charge < -0.3 is 0 Å². The SMILES string of the molecule is O=[N+]([O-])c1ccc(Sc2ccc(F)cc2)c(S(=O)(=O)N2CCCC2)c1. The third kappa shape index (κ3) is 3.83. The second kappa shape index (κ2) is 7.11. The average molecular weight is 382 g/mol. The Balaban J connectivity index is 2.05. The van der Waals surface area contributed by atoms with Crippen molar-refractivity contribution >= 4 is 27.5 Å². The van der Waals surface area contributed by atoms with Crippen molar-refractivity contribution in [3.8, 4) is 0 Å². The Bertz CT molecular complexity index is 895. The molecule has 0 radical (unpaired) electrons. The van der Waals surface area contributed by atoms with Gasteiger partial charge >= 0.3 is 0 Å². The van der Waals surface area contributed by atoms with E-state index in [1.54, 1.807) is 0 Å². The van der Waals surface area contributed by atoms with Gasteiger partial charge in [-0.2, -0.15) is 4.31 Å². The Morgan fingerprint density at radius 3 is 2.32 bits per heavy atom. The predicted molar refractivity (Wildman–Crippen MR) is 91.6 cm³/mol. The Labute approximate surface area is 148 Å². The predicted octanol–water partition coefficient (Wildman–Crippen LogP) is 3.67. The first-order valence-corrected chi connectivity index (χ1v) is 9.85. The van der Waals surface area contributed by atoms with Gasteiger partial charge in [0, 0.05) is 35.0 Å². The highest BCUT2D eigenvalue weighted by atomic mass is 32.2. The monoisotopic (exact) mass is 382 g/mol. The third-order valence-corrected chi connectivity index (χ3v) is 7.01. The highest BCUT2D eigenvalue weighted by Crippen LogP contribution is 2.37. The number of nitrogens with zero attached hydrogens (tertiary/aromatic N) is 2. The van der Waals surface area contributed by atoms with E-state index in [4.69, 9.17) is 0 Å². The fraction of sp³-hybridized carbons (Fsp3) is 0.250. The van der Waals surface area contributed by atoms with Crippen molar-refractivity contribution in [2.24, 2.45) is 0 Å². The Morgan fingerprint density at radius 1 is 1.08 bits per heavy atom. The molecule has 0 atom stereocenters. The van der Waals surface area contributed by atoms with E-state index in [1.165, 1.54) is 40.7 Å². The fourth-order valence-corrected chi connectivity index (χ4v) is 5.47. The fourth-order valence-electron chi connectivity index (χ4n) is 2.59. The van der Waals surface area contributed by atoms with Gasteiger partial charge in [0.1, 0.15) is 10.7 Å². The van der Waals surface area contributed by atoms with E-state index in [0.29, 0.717) is 22.9 Å². The largest absolute Gasteiger partial charge is 0.270 e. The zero-order valence-electron chi connectivity index (χ0n) is 13.1. The maximum atomic E-state index is 13.1. The molecule has 132 valence electrons. The number of hydrogen-bond donors (Lipinski definition) is 0. The molecule has 0 unspecified atom stereocenters. The molecule has 0 saturated carbocycles. The smallest absolute Gasteiger partial charge is 0.258 e. The van der Waals surface area contributed by atoms with Gasteiger partial charge in [-0.05, 0) is 43.2 Å². The minimum absolute atomic E-state index is 0.0853. The molecule has 0 bridgehead atoms. The average Bonchev–Trinajstić information content (AvgIpc) is 3.12. The molecule has 3 rings (SSSR count). The maximum Gasteiger partial charge on any atom is 0.270 e. The van der Waals surface area contributed by atoms with E-state index in [0.717, 1.165) is 30.7 Å². The number of sulfonamides is 1. The summed E-state index contributed by atoms with van der Waals surface area (Å²) in [7, 11) is -3.82. The van der Waals surface area contributed by atoms with Crippen molar-refractivity contribution in [3.63, 3.8) is 0 Å². The number of halogens is 1. The molecular weight excluding hydrogens is 367 g/mol. The molecule has 2 aromatic carbocycles. The van der Waals surface area contributed by atoms with Crippen molar-refractivity contribution in [2.45, 2.75) is 27.5 Å². The first kappa shape index (κ1) is 17.8. The normalized spacial score (nSPS) is 15.4. The maximum absolute atomic E-state index is 13.1. The van der Waals surface area contributed by atoms with E-state index in [1.807, 2.05) is 0 Å². The number of non-ortho nitro benzene ring substituents is 1. The molecule has 2 aromatic rings. The van der Waals surface area contributed by atoms with Gasteiger partial charge in [-0.3, -0.25) is 10.1 Å². The lowest BCUT2D eigenvalue weighted by Gasteiger charge is -2.17. The van der Waals surface area contributed by atoms with Gasteiger partial charge in [0.25, 0.3) is 5.69 Å². The van der Waals surface area contributed by atoms with E-state index in [9.17, 15) is 22.9 Å². The zero-order valence-corrected chi connectivity index (χ0v) is 14.7. The van der Waals surface area contributed by atoms with Crippen molar-refractivity contribution in [1.82, 2.24) is 4.31 Å². The summed E-state index contributed by atoms with van der Waals surface area (Å²) in [6.07, 6.45) is 1.54. The summed E-state index contributed by atoms with van der Waals surface area (Å²) in [5.41, 5.74) is -0.277. The van der Waals surface area contributed by atoms with Crippen molar-refractivity contribution in [2.75, 3.05) is 13.1 Å². The van der Waals surface area contributed by atoms with Gasteiger partial charge in [0.15, 0.2) is 0 Å². The van der Waals surface area contributed by atoms with Gasteiger partial charge in [-0.15, -0.1) is 0 Å². The molecule has 0 aliphatic carbocycles. The van der Waals surface area contributed by atoms with Gasteiger partial charge in [0.2, 0.25) is 10.0 Å². The Kier molecular flexibility index (Phi) is 5.07. The summed E-state index contributed by atoms with van der Waals surface area (Å²) in [6, 6.07) is 9.43. The summed E-state index contributed by atoms with van der Waals surface area (Å²) >= 11 is 1.13.